The van der Waals surface area contributed by atoms with Crippen molar-refractivity contribution in [2.24, 2.45) is 0 Å². The molecule has 0 bridgehead atoms. The molecule has 2 rings (SSSR count). The molecule has 0 saturated carbocycles. The molecule has 0 spiro atoms. The van der Waals surface area contributed by atoms with E-state index in [0.717, 1.165) is 13.1 Å². The Morgan fingerprint density at radius 3 is 2.73 bits per heavy atom. The molecule has 1 N–H and O–H groups in total. The number of likely N-dealkylation sites (tertiary alicyclic amines) is 1. The number of rotatable bonds is 2. The van der Waals surface area contributed by atoms with Crippen LogP contribution < -0.4 is 0 Å². The normalized spacial score (nSPS) is 27.9. The van der Waals surface area contributed by atoms with Crippen molar-refractivity contribution in [2.75, 3.05) is 13.1 Å². The predicted octanol–water partition coefficient (Wildman–Crippen LogP) is 1.59. The Bertz CT molecular complexity index is 304. The van der Waals surface area contributed by atoms with E-state index in [0.29, 0.717) is 13.0 Å². The SMILES string of the molecule is OC1CCN(Cc2ccccc2)CC1F. The highest BCUT2D eigenvalue weighted by Gasteiger charge is 2.26. The summed E-state index contributed by atoms with van der Waals surface area (Å²) in [5, 5.41) is 9.26. The maximum Gasteiger partial charge on any atom is 0.139 e. The molecule has 15 heavy (non-hydrogen) atoms. The van der Waals surface area contributed by atoms with Gasteiger partial charge < -0.3 is 5.11 Å². The first-order valence-corrected chi connectivity index (χ1v) is 5.34. The lowest BCUT2D eigenvalue weighted by atomic mass is 10.1. The van der Waals surface area contributed by atoms with Gasteiger partial charge in [-0.2, -0.15) is 0 Å². The van der Waals surface area contributed by atoms with Crippen molar-refractivity contribution >= 4 is 0 Å². The number of benzene rings is 1. The minimum absolute atomic E-state index is 0.343. The van der Waals surface area contributed by atoms with Gasteiger partial charge in [0, 0.05) is 19.6 Å². The standard InChI is InChI=1S/C12H16FNO/c13-11-9-14(7-6-12(11)15)8-10-4-2-1-3-5-10/h1-5,11-12,15H,6-9H2. The summed E-state index contributed by atoms with van der Waals surface area (Å²) < 4.78 is 13.2. The van der Waals surface area contributed by atoms with Crippen LogP contribution in [-0.4, -0.2) is 35.4 Å². The summed E-state index contributed by atoms with van der Waals surface area (Å²) in [7, 11) is 0. The molecule has 1 saturated heterocycles. The number of nitrogens with zero attached hydrogens (tertiary/aromatic N) is 1. The first-order valence-electron chi connectivity index (χ1n) is 5.34. The van der Waals surface area contributed by atoms with Gasteiger partial charge in [0.25, 0.3) is 0 Å². The number of halogens is 1. The largest absolute Gasteiger partial charge is 0.390 e. The quantitative estimate of drug-likeness (QED) is 0.799. The van der Waals surface area contributed by atoms with Crippen LogP contribution >= 0.6 is 0 Å². The highest BCUT2D eigenvalue weighted by atomic mass is 19.1. The molecule has 2 atom stereocenters. The van der Waals surface area contributed by atoms with Crippen LogP contribution in [0.3, 0.4) is 0 Å². The summed E-state index contributed by atoms with van der Waals surface area (Å²) in [5.41, 5.74) is 1.20. The zero-order chi connectivity index (χ0) is 10.7. The average Bonchev–Trinajstić information content (AvgIpc) is 2.25. The molecule has 1 aromatic rings. The van der Waals surface area contributed by atoms with Crippen LogP contribution in [0.15, 0.2) is 30.3 Å². The Labute approximate surface area is 89.3 Å². The minimum atomic E-state index is -1.09. The summed E-state index contributed by atoms with van der Waals surface area (Å²) in [6, 6.07) is 10.0. The first-order chi connectivity index (χ1) is 7.25. The molecular weight excluding hydrogens is 193 g/mol. The molecule has 1 aliphatic heterocycles. The van der Waals surface area contributed by atoms with Crippen LogP contribution in [-0.2, 0) is 6.54 Å². The van der Waals surface area contributed by atoms with Crippen molar-refractivity contribution in [1.82, 2.24) is 4.90 Å². The van der Waals surface area contributed by atoms with Crippen LogP contribution in [0.5, 0.6) is 0 Å². The van der Waals surface area contributed by atoms with Gasteiger partial charge in [0.2, 0.25) is 0 Å². The summed E-state index contributed by atoms with van der Waals surface area (Å²) in [6.45, 7) is 1.89. The Kier molecular flexibility index (Phi) is 3.34. The second kappa shape index (κ2) is 4.73. The van der Waals surface area contributed by atoms with Crippen molar-refractivity contribution in [1.29, 1.82) is 0 Å². The molecule has 1 aliphatic rings. The van der Waals surface area contributed by atoms with E-state index < -0.39 is 12.3 Å². The summed E-state index contributed by atoms with van der Waals surface area (Å²) in [5.74, 6) is 0. The van der Waals surface area contributed by atoms with Gasteiger partial charge in [-0.1, -0.05) is 30.3 Å². The Hall–Kier alpha value is -0.930. The van der Waals surface area contributed by atoms with E-state index in [1.54, 1.807) is 0 Å². The van der Waals surface area contributed by atoms with Gasteiger partial charge in [0.15, 0.2) is 0 Å². The number of aliphatic hydroxyl groups excluding tert-OH is 1. The maximum absolute atomic E-state index is 13.2. The van der Waals surface area contributed by atoms with E-state index in [4.69, 9.17) is 0 Å². The van der Waals surface area contributed by atoms with Gasteiger partial charge in [0.05, 0.1) is 6.10 Å². The number of alkyl halides is 1. The van der Waals surface area contributed by atoms with E-state index >= 15 is 0 Å². The summed E-state index contributed by atoms with van der Waals surface area (Å²) in [4.78, 5) is 2.05. The molecule has 1 fully saturated rings. The third kappa shape index (κ3) is 2.76. The second-order valence-electron chi connectivity index (χ2n) is 4.09. The third-order valence-corrected chi connectivity index (χ3v) is 2.84. The highest BCUT2D eigenvalue weighted by molar-refractivity contribution is 5.14. The number of piperidine rings is 1. The molecule has 2 unspecified atom stereocenters. The Balaban J connectivity index is 1.91. The third-order valence-electron chi connectivity index (χ3n) is 2.84. The predicted molar refractivity (Wildman–Crippen MR) is 57.2 cm³/mol. The summed E-state index contributed by atoms with van der Waals surface area (Å²) >= 11 is 0. The van der Waals surface area contributed by atoms with Crippen molar-refractivity contribution in [2.45, 2.75) is 25.2 Å². The van der Waals surface area contributed by atoms with Crippen molar-refractivity contribution in [3.05, 3.63) is 35.9 Å². The van der Waals surface area contributed by atoms with Gasteiger partial charge in [0.1, 0.15) is 6.17 Å². The van der Waals surface area contributed by atoms with Gasteiger partial charge in [-0.3, -0.25) is 4.90 Å². The summed E-state index contributed by atoms with van der Waals surface area (Å²) in [6.07, 6.45) is -1.33. The Morgan fingerprint density at radius 1 is 1.33 bits per heavy atom. The van der Waals surface area contributed by atoms with Crippen LogP contribution in [0.2, 0.25) is 0 Å². The van der Waals surface area contributed by atoms with Crippen LogP contribution in [0, 0.1) is 0 Å². The van der Waals surface area contributed by atoms with Gasteiger partial charge >= 0.3 is 0 Å². The molecular formula is C12H16FNO. The van der Waals surface area contributed by atoms with E-state index in [2.05, 4.69) is 0 Å². The molecule has 0 radical (unpaired) electrons. The number of hydrogen-bond donors (Lipinski definition) is 1. The highest BCUT2D eigenvalue weighted by Crippen LogP contribution is 2.16. The van der Waals surface area contributed by atoms with E-state index in [-0.39, 0.29) is 0 Å². The number of aliphatic hydroxyl groups is 1. The maximum atomic E-state index is 13.2. The molecule has 2 nitrogen and oxygen atoms in total. The van der Waals surface area contributed by atoms with E-state index in [9.17, 15) is 9.50 Å². The number of hydrogen-bond acceptors (Lipinski definition) is 2. The van der Waals surface area contributed by atoms with Crippen LogP contribution in [0.25, 0.3) is 0 Å². The fourth-order valence-corrected chi connectivity index (χ4v) is 1.94. The second-order valence-corrected chi connectivity index (χ2v) is 4.09. The van der Waals surface area contributed by atoms with Crippen molar-refractivity contribution in [3.8, 4) is 0 Å². The molecule has 0 aliphatic carbocycles. The van der Waals surface area contributed by atoms with Crippen molar-refractivity contribution < 1.29 is 9.50 Å². The molecule has 1 aromatic carbocycles. The zero-order valence-corrected chi connectivity index (χ0v) is 8.64. The lowest BCUT2D eigenvalue weighted by Gasteiger charge is -2.32. The fourth-order valence-electron chi connectivity index (χ4n) is 1.94. The van der Waals surface area contributed by atoms with E-state index in [1.807, 2.05) is 35.2 Å². The minimum Gasteiger partial charge on any atom is -0.390 e. The first kappa shape index (κ1) is 10.6. The fraction of sp³-hybridized carbons (Fsp3) is 0.500. The van der Waals surface area contributed by atoms with Crippen LogP contribution in [0.4, 0.5) is 4.39 Å². The smallest absolute Gasteiger partial charge is 0.139 e. The molecule has 1 heterocycles. The lowest BCUT2D eigenvalue weighted by Crippen LogP contribution is -2.43. The lowest BCUT2D eigenvalue weighted by molar-refractivity contribution is 0.00393. The van der Waals surface area contributed by atoms with Crippen molar-refractivity contribution in [3.63, 3.8) is 0 Å². The molecule has 3 heteroatoms. The van der Waals surface area contributed by atoms with E-state index in [1.165, 1.54) is 5.56 Å². The molecule has 0 aromatic heterocycles. The van der Waals surface area contributed by atoms with Crippen LogP contribution in [0.1, 0.15) is 12.0 Å². The van der Waals surface area contributed by atoms with Gasteiger partial charge in [-0.15, -0.1) is 0 Å². The van der Waals surface area contributed by atoms with Gasteiger partial charge in [-0.25, -0.2) is 4.39 Å². The topological polar surface area (TPSA) is 23.5 Å². The Morgan fingerprint density at radius 2 is 2.07 bits per heavy atom. The average molecular weight is 209 g/mol. The monoisotopic (exact) mass is 209 g/mol. The van der Waals surface area contributed by atoms with Gasteiger partial charge in [-0.05, 0) is 12.0 Å². The molecule has 82 valence electrons. The zero-order valence-electron chi connectivity index (χ0n) is 8.64. The molecule has 0 amide bonds.